The molecule has 0 bridgehead atoms. The second kappa shape index (κ2) is 6.00. The van der Waals surface area contributed by atoms with Crippen molar-refractivity contribution in [3.05, 3.63) is 22.4 Å². The Morgan fingerprint density at radius 3 is 2.56 bits per heavy atom. The van der Waals surface area contributed by atoms with Crippen molar-refractivity contribution in [2.24, 2.45) is 5.41 Å². The summed E-state index contributed by atoms with van der Waals surface area (Å²) >= 11 is 1.45. The number of aliphatic carboxylic acids is 1. The molecule has 1 amide bonds. The van der Waals surface area contributed by atoms with Crippen molar-refractivity contribution >= 4 is 23.2 Å². The molecule has 0 fully saturated rings. The van der Waals surface area contributed by atoms with Gasteiger partial charge in [0.25, 0.3) is 0 Å². The van der Waals surface area contributed by atoms with Crippen LogP contribution in [0.5, 0.6) is 0 Å². The number of carbonyl (C=O) groups excluding carboxylic acids is 1. The molecule has 1 atom stereocenters. The van der Waals surface area contributed by atoms with Crippen LogP contribution in [0, 0.1) is 5.41 Å². The van der Waals surface area contributed by atoms with E-state index in [2.05, 4.69) is 5.32 Å². The molecule has 0 spiro atoms. The zero-order chi connectivity index (χ0) is 13.8. The van der Waals surface area contributed by atoms with Crippen molar-refractivity contribution in [1.82, 2.24) is 5.32 Å². The monoisotopic (exact) mass is 269 g/mol. The Morgan fingerprint density at radius 1 is 1.44 bits per heavy atom. The van der Waals surface area contributed by atoms with Crippen LogP contribution < -0.4 is 5.32 Å². The van der Waals surface area contributed by atoms with E-state index in [1.165, 1.54) is 11.3 Å². The average molecular weight is 269 g/mol. The van der Waals surface area contributed by atoms with Gasteiger partial charge in [-0.05, 0) is 16.9 Å². The first-order chi connectivity index (χ1) is 8.28. The van der Waals surface area contributed by atoms with Crippen LogP contribution in [0.15, 0.2) is 17.5 Å². The average Bonchev–Trinajstić information content (AvgIpc) is 2.64. The lowest BCUT2D eigenvalue weighted by Gasteiger charge is -2.21. The molecule has 1 heterocycles. The molecule has 100 valence electrons. The van der Waals surface area contributed by atoms with Gasteiger partial charge in [0.1, 0.15) is 0 Å². The number of hydrogen-bond acceptors (Lipinski definition) is 3. The van der Waals surface area contributed by atoms with Gasteiger partial charge in [-0.3, -0.25) is 9.59 Å². The fourth-order valence-electron chi connectivity index (χ4n) is 1.61. The van der Waals surface area contributed by atoms with E-state index in [-0.39, 0.29) is 17.7 Å². The van der Waals surface area contributed by atoms with Gasteiger partial charge in [0, 0.05) is 11.3 Å². The van der Waals surface area contributed by atoms with E-state index in [1.807, 2.05) is 38.3 Å². The van der Waals surface area contributed by atoms with Crippen LogP contribution in [0.3, 0.4) is 0 Å². The number of carboxylic acids is 1. The first-order valence-corrected chi connectivity index (χ1v) is 6.70. The van der Waals surface area contributed by atoms with Crippen LogP contribution in [-0.4, -0.2) is 17.0 Å². The van der Waals surface area contributed by atoms with Gasteiger partial charge in [-0.15, -0.1) is 11.3 Å². The summed E-state index contributed by atoms with van der Waals surface area (Å²) < 4.78 is 0. The highest BCUT2D eigenvalue weighted by Crippen LogP contribution is 2.24. The third-order valence-corrected chi connectivity index (χ3v) is 3.28. The highest BCUT2D eigenvalue weighted by molar-refractivity contribution is 7.10. The highest BCUT2D eigenvalue weighted by Gasteiger charge is 2.22. The third kappa shape index (κ3) is 5.31. The summed E-state index contributed by atoms with van der Waals surface area (Å²) in [6.07, 6.45) is 0.297. The first kappa shape index (κ1) is 14.7. The molecule has 0 aromatic carbocycles. The lowest BCUT2D eigenvalue weighted by molar-refractivity contribution is -0.137. The summed E-state index contributed by atoms with van der Waals surface area (Å²) in [4.78, 5) is 23.5. The number of rotatable bonds is 5. The smallest absolute Gasteiger partial charge is 0.305 e. The summed E-state index contributed by atoms with van der Waals surface area (Å²) in [5.74, 6) is -1.02. The summed E-state index contributed by atoms with van der Waals surface area (Å²) in [5.41, 5.74) is -0.104. The van der Waals surface area contributed by atoms with Gasteiger partial charge in [0.05, 0.1) is 12.5 Å². The molecule has 5 heteroatoms. The lowest BCUT2D eigenvalue weighted by atomic mass is 9.92. The minimum atomic E-state index is -0.913. The van der Waals surface area contributed by atoms with Gasteiger partial charge in [-0.1, -0.05) is 26.8 Å². The van der Waals surface area contributed by atoms with Crippen LogP contribution in [0.25, 0.3) is 0 Å². The number of thiophene rings is 1. The van der Waals surface area contributed by atoms with Crippen LogP contribution in [-0.2, 0) is 9.59 Å². The summed E-state index contributed by atoms with van der Waals surface area (Å²) in [6, 6.07) is 3.26. The van der Waals surface area contributed by atoms with E-state index in [4.69, 9.17) is 5.11 Å². The molecule has 0 aliphatic carbocycles. The normalized spacial score (nSPS) is 13.1. The predicted octanol–water partition coefficient (Wildman–Crippen LogP) is 2.82. The molecular formula is C13H19NO3S. The van der Waals surface area contributed by atoms with Gasteiger partial charge in [-0.2, -0.15) is 0 Å². The highest BCUT2D eigenvalue weighted by atomic mass is 32.1. The van der Waals surface area contributed by atoms with Gasteiger partial charge in [0.15, 0.2) is 0 Å². The molecule has 0 saturated carbocycles. The minimum Gasteiger partial charge on any atom is -0.481 e. The van der Waals surface area contributed by atoms with Crippen LogP contribution >= 0.6 is 11.3 Å². The van der Waals surface area contributed by atoms with E-state index < -0.39 is 12.0 Å². The van der Waals surface area contributed by atoms with Crippen molar-refractivity contribution in [2.45, 2.75) is 39.7 Å². The predicted molar refractivity (Wildman–Crippen MR) is 71.5 cm³/mol. The van der Waals surface area contributed by atoms with Crippen molar-refractivity contribution in [1.29, 1.82) is 0 Å². The summed E-state index contributed by atoms with van der Waals surface area (Å²) in [5, 5.41) is 13.6. The fraction of sp³-hybridized carbons (Fsp3) is 0.538. The van der Waals surface area contributed by atoms with E-state index in [9.17, 15) is 9.59 Å². The van der Waals surface area contributed by atoms with Crippen LogP contribution in [0.1, 0.15) is 44.5 Å². The molecule has 2 N–H and O–H groups in total. The molecule has 1 unspecified atom stereocenters. The van der Waals surface area contributed by atoms with E-state index >= 15 is 0 Å². The number of hydrogen-bond donors (Lipinski definition) is 2. The van der Waals surface area contributed by atoms with E-state index in [0.29, 0.717) is 6.42 Å². The van der Waals surface area contributed by atoms with Gasteiger partial charge in [0.2, 0.25) is 5.91 Å². The standard InChI is InChI=1S/C13H19NO3S/c1-13(2,3)8-11(15)14-9(7-12(16)17)10-5-4-6-18-10/h4-6,9H,7-8H2,1-3H3,(H,14,15)(H,16,17). The zero-order valence-electron chi connectivity index (χ0n) is 10.9. The maximum Gasteiger partial charge on any atom is 0.305 e. The van der Waals surface area contributed by atoms with Gasteiger partial charge in [-0.25, -0.2) is 0 Å². The first-order valence-electron chi connectivity index (χ1n) is 5.82. The topological polar surface area (TPSA) is 66.4 Å². The SMILES string of the molecule is CC(C)(C)CC(=O)NC(CC(=O)O)c1cccs1. The van der Waals surface area contributed by atoms with Crippen molar-refractivity contribution in [3.8, 4) is 0 Å². The number of nitrogens with one attached hydrogen (secondary N) is 1. The van der Waals surface area contributed by atoms with Crippen LogP contribution in [0.2, 0.25) is 0 Å². The van der Waals surface area contributed by atoms with E-state index in [1.54, 1.807) is 0 Å². The Bertz CT molecular complexity index is 406. The van der Waals surface area contributed by atoms with Crippen molar-refractivity contribution in [2.75, 3.05) is 0 Å². The molecule has 1 aromatic rings. The molecule has 4 nitrogen and oxygen atoms in total. The maximum absolute atomic E-state index is 11.8. The largest absolute Gasteiger partial charge is 0.481 e. The van der Waals surface area contributed by atoms with Crippen LogP contribution in [0.4, 0.5) is 0 Å². The molecule has 0 radical (unpaired) electrons. The Hall–Kier alpha value is -1.36. The second-order valence-corrected chi connectivity index (χ2v) is 6.45. The number of carboxylic acid groups (broad SMARTS) is 1. The third-order valence-electron chi connectivity index (χ3n) is 2.29. The fourth-order valence-corrected chi connectivity index (χ4v) is 2.39. The zero-order valence-corrected chi connectivity index (χ0v) is 11.7. The van der Waals surface area contributed by atoms with E-state index in [0.717, 1.165) is 4.88 Å². The quantitative estimate of drug-likeness (QED) is 0.863. The Labute approximate surface area is 111 Å². The Kier molecular flexibility index (Phi) is 4.90. The lowest BCUT2D eigenvalue weighted by Crippen LogP contribution is -2.32. The van der Waals surface area contributed by atoms with Crippen molar-refractivity contribution in [3.63, 3.8) is 0 Å². The summed E-state index contributed by atoms with van der Waals surface area (Å²) in [7, 11) is 0. The molecule has 0 saturated heterocycles. The Morgan fingerprint density at radius 2 is 2.11 bits per heavy atom. The molecular weight excluding hydrogens is 250 g/mol. The molecule has 0 aliphatic heterocycles. The maximum atomic E-state index is 11.8. The van der Waals surface area contributed by atoms with Gasteiger partial charge >= 0.3 is 5.97 Å². The molecule has 1 rings (SSSR count). The minimum absolute atomic E-state index is 0.0869. The number of carbonyl (C=O) groups is 2. The molecule has 18 heavy (non-hydrogen) atoms. The van der Waals surface area contributed by atoms with Crippen molar-refractivity contribution < 1.29 is 14.7 Å². The molecule has 1 aromatic heterocycles. The molecule has 0 aliphatic rings. The van der Waals surface area contributed by atoms with Gasteiger partial charge < -0.3 is 10.4 Å². The second-order valence-electron chi connectivity index (χ2n) is 5.47. The summed E-state index contributed by atoms with van der Waals surface area (Å²) in [6.45, 7) is 5.93. The number of amides is 1. The Balaban J connectivity index is 2.68.